The molecular weight excluding hydrogens is 741 g/mol. The van der Waals surface area contributed by atoms with Crippen molar-refractivity contribution in [3.05, 3.63) is 46.3 Å². The number of hydrogen-bond acceptors (Lipinski definition) is 11. The van der Waals surface area contributed by atoms with Gasteiger partial charge in [-0.2, -0.15) is 0 Å². The van der Waals surface area contributed by atoms with Crippen LogP contribution in [0, 0.1) is 11.8 Å². The Morgan fingerprint density at radius 2 is 1.51 bits per heavy atom. The van der Waals surface area contributed by atoms with E-state index in [-0.39, 0.29) is 52.9 Å². The number of rotatable bonds is 9. The number of benzene rings is 1. The summed E-state index contributed by atoms with van der Waals surface area (Å²) in [6.07, 6.45) is 6.72. The average molecular weight is 787 g/mol. The number of nitrogens with one attached hydrogen (secondary N) is 4. The molecule has 3 aliphatic heterocycles. The molecule has 0 radical (unpaired) electrons. The summed E-state index contributed by atoms with van der Waals surface area (Å²) in [6.45, 7) is 10.3. The van der Waals surface area contributed by atoms with Crippen molar-refractivity contribution in [1.82, 2.24) is 45.4 Å². The first kappa shape index (κ1) is 37.2. The van der Waals surface area contributed by atoms with Gasteiger partial charge in [0.15, 0.2) is 0 Å². The van der Waals surface area contributed by atoms with Crippen molar-refractivity contribution < 1.29 is 23.9 Å². The number of aromatic amines is 2. The summed E-state index contributed by atoms with van der Waals surface area (Å²) in [5.41, 5.74) is 4.37. The minimum Gasteiger partial charge on any atom is -0.453 e. The fraction of sp³-hybridized carbons (Fsp3) is 0.526. The molecule has 4 aromatic rings. The van der Waals surface area contributed by atoms with Gasteiger partial charge in [-0.3, -0.25) is 19.4 Å². The molecule has 15 nitrogen and oxygen atoms in total. The van der Waals surface area contributed by atoms with Crippen LogP contribution in [-0.4, -0.2) is 102 Å². The number of methoxy groups -OCH3 is 1. The molecular formula is C38H46N10O5S2. The lowest BCUT2D eigenvalue weighted by Gasteiger charge is -2.30. The molecule has 4 amide bonds. The van der Waals surface area contributed by atoms with E-state index in [9.17, 15) is 19.2 Å². The number of nitrogens with zero attached hydrogens (tertiary/aromatic N) is 6. The van der Waals surface area contributed by atoms with Crippen LogP contribution in [0.2, 0.25) is 0 Å². The Bertz CT molecular complexity index is 2240. The van der Waals surface area contributed by atoms with Gasteiger partial charge in [-0.15, -0.1) is 11.3 Å². The molecule has 8 rings (SSSR count). The molecule has 55 heavy (non-hydrogen) atoms. The van der Waals surface area contributed by atoms with Crippen molar-refractivity contribution in [1.29, 1.82) is 0 Å². The van der Waals surface area contributed by atoms with Gasteiger partial charge in [0.05, 0.1) is 63.1 Å². The van der Waals surface area contributed by atoms with E-state index in [0.29, 0.717) is 13.1 Å². The number of aliphatic imine (C=N–C) groups is 1. The second-order valence-electron chi connectivity index (χ2n) is 15.4. The predicted molar refractivity (Wildman–Crippen MR) is 212 cm³/mol. The molecule has 4 aliphatic rings. The van der Waals surface area contributed by atoms with E-state index >= 15 is 0 Å². The Labute approximate surface area is 326 Å². The molecule has 2 unspecified atom stereocenters. The summed E-state index contributed by atoms with van der Waals surface area (Å²) < 4.78 is 5.77. The van der Waals surface area contributed by atoms with Crippen molar-refractivity contribution in [3.8, 4) is 0 Å². The maximum atomic E-state index is 13.7. The molecule has 17 heteroatoms. The van der Waals surface area contributed by atoms with Gasteiger partial charge in [-0.05, 0) is 55.7 Å². The molecule has 4 N–H and O–H groups in total. The number of imidazole rings is 2. The van der Waals surface area contributed by atoms with Gasteiger partial charge in [0.25, 0.3) is 0 Å². The molecule has 2 saturated heterocycles. The number of alkyl carbamates (subject to hydrolysis) is 1. The smallest absolute Gasteiger partial charge is 0.407 e. The number of aromatic nitrogens is 5. The van der Waals surface area contributed by atoms with E-state index in [4.69, 9.17) is 24.7 Å². The third-order valence-corrected chi connectivity index (χ3v) is 13.4. The Hall–Kier alpha value is -4.77. The highest BCUT2D eigenvalue weighted by Gasteiger charge is 2.42. The van der Waals surface area contributed by atoms with E-state index in [2.05, 4.69) is 26.7 Å². The van der Waals surface area contributed by atoms with E-state index in [1.54, 1.807) is 23.1 Å². The fourth-order valence-corrected chi connectivity index (χ4v) is 10.5. The fourth-order valence-electron chi connectivity index (χ4n) is 8.16. The van der Waals surface area contributed by atoms with Crippen molar-refractivity contribution >= 4 is 79.3 Å². The van der Waals surface area contributed by atoms with Crippen LogP contribution in [0.4, 0.5) is 4.79 Å². The quantitative estimate of drug-likeness (QED) is 0.172. The van der Waals surface area contributed by atoms with E-state index in [1.807, 2.05) is 55.7 Å². The Morgan fingerprint density at radius 3 is 2.15 bits per heavy atom. The van der Waals surface area contributed by atoms with Crippen LogP contribution in [0.5, 0.6) is 0 Å². The number of carbonyl (C=O) groups excluding carboxylic acids is 4. The first-order chi connectivity index (χ1) is 26.4. The zero-order chi connectivity index (χ0) is 38.7. The molecule has 0 saturated carbocycles. The number of ether oxygens (including phenoxy) is 1. The Morgan fingerprint density at radius 1 is 0.873 bits per heavy atom. The first-order valence-electron chi connectivity index (χ1n) is 19.0. The highest BCUT2D eigenvalue weighted by Crippen LogP contribution is 2.48. The van der Waals surface area contributed by atoms with Gasteiger partial charge in [0.2, 0.25) is 17.7 Å². The number of hydrogen-bond donors (Lipinski definition) is 4. The minimum atomic E-state index is -0.702. The standard InChI is InChI=1S/C38H46N10O5S2/c1-17(2)26(39-19(5)49)36(50)47-15-7-9-24(47)32-40-20-11-13-22-30(28(20)44-32)54-34(42-22)35-43-23-14-12-21-29(31(23)55-35)45-33(41-21)25-10-8-16-48(25)37(51)27(18(3)4)46-38(52)53-6/h11-14,17-18,23-27,31H,7-10,15-16H2,1-6H3,(H,39,49)(H,40,44)(H,41,45)(H,46,52)/t23?,24-,25-,26-,27-,31?/m0/s1. The number of H-pyrrole nitrogens is 2. The van der Waals surface area contributed by atoms with Crippen LogP contribution in [0.1, 0.15) is 106 Å². The number of fused-ring (bicyclic) bond motifs is 6. The molecule has 1 aliphatic carbocycles. The predicted octanol–water partition coefficient (Wildman–Crippen LogP) is 5.39. The first-order valence-corrected chi connectivity index (χ1v) is 20.7. The summed E-state index contributed by atoms with van der Waals surface area (Å²) in [4.78, 5) is 82.2. The monoisotopic (exact) mass is 786 g/mol. The zero-order valence-corrected chi connectivity index (χ0v) is 33.3. The zero-order valence-electron chi connectivity index (χ0n) is 31.7. The summed E-state index contributed by atoms with van der Waals surface area (Å²) in [5, 5.41) is 7.22. The number of likely N-dealkylation sites (tertiary alicyclic amines) is 2. The summed E-state index contributed by atoms with van der Waals surface area (Å²) in [7, 11) is 1.29. The van der Waals surface area contributed by atoms with Crippen LogP contribution >= 0.6 is 23.1 Å². The topological polar surface area (TPSA) is 191 Å². The van der Waals surface area contributed by atoms with Crippen molar-refractivity contribution in [2.45, 2.75) is 95.8 Å². The van der Waals surface area contributed by atoms with Gasteiger partial charge in [-0.1, -0.05) is 45.5 Å². The van der Waals surface area contributed by atoms with Gasteiger partial charge in [-0.25, -0.2) is 19.7 Å². The summed E-state index contributed by atoms with van der Waals surface area (Å²) in [5.74, 6) is 0.870. The van der Waals surface area contributed by atoms with Crippen molar-refractivity contribution in [2.75, 3.05) is 20.2 Å². The van der Waals surface area contributed by atoms with Crippen LogP contribution in [0.3, 0.4) is 0 Å². The molecule has 0 bridgehead atoms. The molecule has 2 fully saturated rings. The lowest BCUT2D eigenvalue weighted by atomic mass is 10.0. The summed E-state index contributed by atoms with van der Waals surface area (Å²) >= 11 is 3.24. The third-order valence-electron chi connectivity index (χ3n) is 10.9. The van der Waals surface area contributed by atoms with Crippen LogP contribution in [-0.2, 0) is 19.1 Å². The van der Waals surface area contributed by atoms with Crippen LogP contribution < -0.4 is 10.6 Å². The van der Waals surface area contributed by atoms with Crippen molar-refractivity contribution in [2.24, 2.45) is 16.8 Å². The lowest BCUT2D eigenvalue weighted by molar-refractivity contribution is -0.138. The molecule has 290 valence electrons. The normalized spacial score (nSPS) is 23.0. The lowest BCUT2D eigenvalue weighted by Crippen LogP contribution is -2.51. The summed E-state index contributed by atoms with van der Waals surface area (Å²) in [6, 6.07) is 2.12. The SMILES string of the molecule is COC(=O)N[C@H](C(=O)N1CCC[C@H]1c1nc2c([nH]1)C1SC(c3nc4ccc5nc([C@@H]6CCCN6C(=O)[C@@H](NC(C)=O)C(C)C)[nH]c5c4s3)=NC1C=C2)C(C)C. The molecule has 0 spiro atoms. The second-order valence-corrected chi connectivity index (χ2v) is 17.5. The molecule has 6 heterocycles. The maximum absolute atomic E-state index is 13.7. The second kappa shape index (κ2) is 14.7. The minimum absolute atomic E-state index is 0.0185. The van der Waals surface area contributed by atoms with E-state index < -0.39 is 18.2 Å². The molecule has 1 aromatic carbocycles. The highest BCUT2D eigenvalue weighted by molar-refractivity contribution is 8.15. The molecule has 3 aromatic heterocycles. The van der Waals surface area contributed by atoms with Crippen LogP contribution in [0.25, 0.3) is 27.3 Å². The Kier molecular flexibility index (Phi) is 9.94. The van der Waals surface area contributed by atoms with Gasteiger partial charge in [0, 0.05) is 20.0 Å². The number of thioether (sulfide) groups is 1. The van der Waals surface area contributed by atoms with Crippen LogP contribution in [0.15, 0.2) is 23.2 Å². The molecule has 6 atom stereocenters. The number of thiazole rings is 1. The Balaban J connectivity index is 1.01. The van der Waals surface area contributed by atoms with Gasteiger partial charge < -0.3 is 35.1 Å². The number of carbonyl (C=O) groups is 4. The van der Waals surface area contributed by atoms with Gasteiger partial charge >= 0.3 is 6.09 Å². The third kappa shape index (κ3) is 6.78. The van der Waals surface area contributed by atoms with E-state index in [1.165, 1.54) is 14.0 Å². The van der Waals surface area contributed by atoms with Gasteiger partial charge in [0.1, 0.15) is 33.8 Å². The largest absolute Gasteiger partial charge is 0.453 e. The number of amides is 4. The maximum Gasteiger partial charge on any atom is 0.407 e. The van der Waals surface area contributed by atoms with Crippen molar-refractivity contribution in [3.63, 3.8) is 0 Å². The highest BCUT2D eigenvalue weighted by atomic mass is 32.2. The average Bonchev–Trinajstić information content (AvgIpc) is 3.99. The van der Waals surface area contributed by atoms with E-state index in [0.717, 1.165) is 80.0 Å².